The van der Waals surface area contributed by atoms with Crippen LogP contribution in [0, 0.1) is 0 Å². The number of carbonyl (C=O) groups is 1. The number of rotatable bonds is 8. The molecule has 0 fully saturated rings. The van der Waals surface area contributed by atoms with Gasteiger partial charge in [-0.05, 0) is 23.6 Å². The summed E-state index contributed by atoms with van der Waals surface area (Å²) in [5.74, 6) is -0.421. The summed E-state index contributed by atoms with van der Waals surface area (Å²) in [5.41, 5.74) is 2.27. The molecular formula is C29H27N5O3. The third-order valence-electron chi connectivity index (χ3n) is 6.34. The molecule has 0 aliphatic heterocycles. The van der Waals surface area contributed by atoms with Crippen LogP contribution in [0.1, 0.15) is 29.7 Å². The monoisotopic (exact) mass is 493 g/mol. The number of fused-ring (bicyclic) bond motifs is 1. The summed E-state index contributed by atoms with van der Waals surface area (Å²) >= 11 is 0. The number of hydrogen-bond acceptors (Lipinski definition) is 4. The van der Waals surface area contributed by atoms with Crippen molar-refractivity contribution in [3.63, 3.8) is 0 Å². The molecule has 8 nitrogen and oxygen atoms in total. The van der Waals surface area contributed by atoms with Crippen molar-refractivity contribution in [1.29, 1.82) is 0 Å². The Morgan fingerprint density at radius 1 is 0.811 bits per heavy atom. The standard InChI is InChI=1S/C29H27N5O3/c1-21(24-15-9-4-10-16-24)31-25(35)19-34-28(36)26-27(30-20-32(26)17-22-11-5-2-6-12-22)33(29(34)37)18-23-13-7-3-8-14-23/h2-16,20-21H,17-19H2,1H3,(H,31,35)/t21-/m0/s1. The molecule has 0 spiro atoms. The van der Waals surface area contributed by atoms with Gasteiger partial charge in [0.2, 0.25) is 5.91 Å². The first-order valence-corrected chi connectivity index (χ1v) is 12.1. The van der Waals surface area contributed by atoms with Crippen molar-refractivity contribution >= 4 is 17.1 Å². The zero-order valence-electron chi connectivity index (χ0n) is 20.4. The lowest BCUT2D eigenvalue weighted by Gasteiger charge is -2.16. The molecule has 0 saturated heterocycles. The topological polar surface area (TPSA) is 90.9 Å². The fraction of sp³-hybridized carbons (Fsp3) is 0.172. The van der Waals surface area contributed by atoms with Crippen molar-refractivity contribution in [2.75, 3.05) is 0 Å². The Balaban J connectivity index is 1.56. The molecular weight excluding hydrogens is 466 g/mol. The minimum Gasteiger partial charge on any atom is -0.348 e. The fourth-order valence-corrected chi connectivity index (χ4v) is 4.44. The van der Waals surface area contributed by atoms with Gasteiger partial charge in [-0.2, -0.15) is 0 Å². The van der Waals surface area contributed by atoms with Gasteiger partial charge in [0.25, 0.3) is 5.56 Å². The van der Waals surface area contributed by atoms with Gasteiger partial charge in [-0.15, -0.1) is 0 Å². The average Bonchev–Trinajstić information content (AvgIpc) is 3.34. The van der Waals surface area contributed by atoms with Gasteiger partial charge >= 0.3 is 5.69 Å². The predicted octanol–water partition coefficient (Wildman–Crippen LogP) is 3.33. The molecule has 0 bridgehead atoms. The first-order valence-electron chi connectivity index (χ1n) is 12.1. The Hall–Kier alpha value is -4.72. The van der Waals surface area contributed by atoms with Crippen LogP contribution < -0.4 is 16.6 Å². The van der Waals surface area contributed by atoms with Gasteiger partial charge in [0.1, 0.15) is 6.54 Å². The molecule has 1 amide bonds. The summed E-state index contributed by atoms with van der Waals surface area (Å²) in [5, 5.41) is 2.90. The van der Waals surface area contributed by atoms with Crippen molar-refractivity contribution < 1.29 is 4.79 Å². The third kappa shape index (κ3) is 5.13. The number of nitrogens with one attached hydrogen (secondary N) is 1. The number of carbonyl (C=O) groups excluding carboxylic acids is 1. The second-order valence-corrected chi connectivity index (χ2v) is 8.98. The minimum atomic E-state index is -0.575. The molecule has 2 heterocycles. The number of aromatic nitrogens is 4. The van der Waals surface area contributed by atoms with Crippen LogP contribution in [0.4, 0.5) is 0 Å². The Bertz CT molecular complexity index is 1640. The van der Waals surface area contributed by atoms with E-state index in [1.165, 1.54) is 4.57 Å². The summed E-state index contributed by atoms with van der Waals surface area (Å²) in [6, 6.07) is 28.4. The molecule has 2 aromatic heterocycles. The van der Waals surface area contributed by atoms with E-state index in [1.807, 2.05) is 97.9 Å². The highest BCUT2D eigenvalue weighted by atomic mass is 16.2. The average molecular weight is 494 g/mol. The van der Waals surface area contributed by atoms with Gasteiger partial charge in [0.05, 0.1) is 18.9 Å². The van der Waals surface area contributed by atoms with E-state index in [0.717, 1.165) is 21.3 Å². The lowest BCUT2D eigenvalue weighted by atomic mass is 10.1. The van der Waals surface area contributed by atoms with Gasteiger partial charge in [-0.25, -0.2) is 14.3 Å². The van der Waals surface area contributed by atoms with Crippen molar-refractivity contribution in [3.05, 3.63) is 135 Å². The molecule has 0 saturated carbocycles. The molecule has 1 atom stereocenters. The first kappa shape index (κ1) is 24.0. The van der Waals surface area contributed by atoms with E-state index in [1.54, 1.807) is 10.9 Å². The summed E-state index contributed by atoms with van der Waals surface area (Å²) in [7, 11) is 0. The normalized spacial score (nSPS) is 11.9. The van der Waals surface area contributed by atoms with E-state index in [2.05, 4.69) is 10.3 Å². The van der Waals surface area contributed by atoms with Crippen molar-refractivity contribution in [3.8, 4) is 0 Å². The molecule has 8 heteroatoms. The SMILES string of the molecule is C[C@H](NC(=O)Cn1c(=O)c2c(ncn2Cc2ccccc2)n(Cc2ccccc2)c1=O)c1ccccc1. The van der Waals surface area contributed by atoms with Crippen LogP contribution in [-0.4, -0.2) is 24.6 Å². The van der Waals surface area contributed by atoms with Gasteiger partial charge in [0.15, 0.2) is 11.2 Å². The highest BCUT2D eigenvalue weighted by Gasteiger charge is 2.21. The molecule has 1 N–H and O–H groups in total. The van der Waals surface area contributed by atoms with Crippen LogP contribution >= 0.6 is 0 Å². The number of benzene rings is 3. The minimum absolute atomic E-state index is 0.223. The molecule has 0 aliphatic carbocycles. The van der Waals surface area contributed by atoms with E-state index in [4.69, 9.17) is 0 Å². The summed E-state index contributed by atoms with van der Waals surface area (Å²) < 4.78 is 4.19. The van der Waals surface area contributed by atoms with E-state index in [-0.39, 0.29) is 18.1 Å². The smallest absolute Gasteiger partial charge is 0.333 e. The molecule has 5 aromatic rings. The number of nitrogens with zero attached hydrogens (tertiary/aromatic N) is 4. The van der Waals surface area contributed by atoms with E-state index in [9.17, 15) is 14.4 Å². The van der Waals surface area contributed by atoms with Crippen molar-refractivity contribution in [1.82, 2.24) is 24.0 Å². The van der Waals surface area contributed by atoms with Gasteiger partial charge in [-0.1, -0.05) is 91.0 Å². The molecule has 5 rings (SSSR count). The van der Waals surface area contributed by atoms with E-state index < -0.39 is 23.7 Å². The van der Waals surface area contributed by atoms with Crippen LogP contribution in [0.15, 0.2) is 107 Å². The predicted molar refractivity (Wildman–Crippen MR) is 142 cm³/mol. The summed E-state index contributed by atoms with van der Waals surface area (Å²) in [4.78, 5) is 44.6. The van der Waals surface area contributed by atoms with Gasteiger partial charge < -0.3 is 9.88 Å². The van der Waals surface area contributed by atoms with Crippen molar-refractivity contribution in [2.24, 2.45) is 0 Å². The van der Waals surface area contributed by atoms with Gasteiger partial charge in [0, 0.05) is 6.54 Å². The van der Waals surface area contributed by atoms with Crippen LogP contribution in [0.3, 0.4) is 0 Å². The molecule has 0 aliphatic rings. The van der Waals surface area contributed by atoms with Crippen molar-refractivity contribution in [2.45, 2.75) is 32.6 Å². The summed E-state index contributed by atoms with van der Waals surface area (Å²) in [6.45, 7) is 2.10. The lowest BCUT2D eigenvalue weighted by Crippen LogP contribution is -2.44. The number of imidazole rings is 1. The Morgan fingerprint density at radius 2 is 1.38 bits per heavy atom. The van der Waals surface area contributed by atoms with Crippen LogP contribution in [0.2, 0.25) is 0 Å². The maximum atomic E-state index is 13.6. The lowest BCUT2D eigenvalue weighted by molar-refractivity contribution is -0.122. The first-order chi connectivity index (χ1) is 18.0. The molecule has 37 heavy (non-hydrogen) atoms. The maximum absolute atomic E-state index is 13.6. The van der Waals surface area contributed by atoms with Gasteiger partial charge in [-0.3, -0.25) is 14.2 Å². The van der Waals surface area contributed by atoms with E-state index >= 15 is 0 Å². The molecule has 0 unspecified atom stereocenters. The van der Waals surface area contributed by atoms with E-state index in [0.29, 0.717) is 12.2 Å². The molecule has 0 radical (unpaired) electrons. The van der Waals surface area contributed by atoms with Crippen LogP contribution in [0.5, 0.6) is 0 Å². The largest absolute Gasteiger partial charge is 0.348 e. The zero-order valence-corrected chi connectivity index (χ0v) is 20.4. The number of amides is 1. The highest BCUT2D eigenvalue weighted by molar-refractivity contribution is 5.77. The quantitative estimate of drug-likeness (QED) is 0.359. The Labute approximate surface area is 213 Å². The Morgan fingerprint density at radius 3 is 2.00 bits per heavy atom. The maximum Gasteiger partial charge on any atom is 0.333 e. The fourth-order valence-electron chi connectivity index (χ4n) is 4.44. The zero-order chi connectivity index (χ0) is 25.8. The second-order valence-electron chi connectivity index (χ2n) is 8.98. The number of hydrogen-bond donors (Lipinski definition) is 1. The summed E-state index contributed by atoms with van der Waals surface area (Å²) in [6.07, 6.45) is 1.57. The molecule has 3 aromatic carbocycles. The Kier molecular flexibility index (Phi) is 6.81. The molecule has 186 valence electrons. The van der Waals surface area contributed by atoms with Crippen LogP contribution in [0.25, 0.3) is 11.2 Å². The highest BCUT2D eigenvalue weighted by Crippen LogP contribution is 2.13. The second kappa shape index (κ2) is 10.5. The third-order valence-corrected chi connectivity index (χ3v) is 6.34. The van der Waals surface area contributed by atoms with Crippen LogP contribution in [-0.2, 0) is 24.4 Å².